The van der Waals surface area contributed by atoms with Crippen LogP contribution >= 0.6 is 12.2 Å². The predicted molar refractivity (Wildman–Crippen MR) is 73.5 cm³/mol. The van der Waals surface area contributed by atoms with Gasteiger partial charge in [-0.25, -0.2) is 13.2 Å². The lowest BCUT2D eigenvalue weighted by Crippen LogP contribution is -2.19. The number of anilines is 2. The molecule has 0 atom stereocenters. The van der Waals surface area contributed by atoms with E-state index in [-0.39, 0.29) is 4.32 Å². The zero-order valence-corrected chi connectivity index (χ0v) is 11.4. The van der Waals surface area contributed by atoms with Crippen molar-refractivity contribution in [3.8, 4) is 0 Å². The molecule has 1 aromatic rings. The second-order valence-electron chi connectivity index (χ2n) is 3.38. The Morgan fingerprint density at radius 1 is 1.28 bits per heavy atom. The summed E-state index contributed by atoms with van der Waals surface area (Å²) < 4.78 is 26.5. The zero-order chi connectivity index (χ0) is 13.8. The van der Waals surface area contributed by atoms with E-state index in [9.17, 15) is 13.2 Å². The molecule has 0 saturated carbocycles. The largest absolute Gasteiger partial charge is 0.453 e. The molecule has 0 heterocycles. The van der Waals surface area contributed by atoms with Gasteiger partial charge in [-0.2, -0.15) is 0 Å². The Morgan fingerprint density at radius 2 is 1.83 bits per heavy atom. The monoisotopic (exact) mass is 288 g/mol. The fraction of sp³-hybridized carbons (Fsp3) is 0.200. The Labute approximate surface area is 110 Å². The summed E-state index contributed by atoms with van der Waals surface area (Å²) in [5.74, 6) is 0. The second kappa shape index (κ2) is 5.78. The molecule has 0 aliphatic rings. The average Bonchev–Trinajstić information content (AvgIpc) is 2.28. The third-order valence-electron chi connectivity index (χ3n) is 1.88. The number of hydrogen-bond acceptors (Lipinski definition) is 5. The summed E-state index contributed by atoms with van der Waals surface area (Å²) in [5.41, 5.74) is 0.919. The minimum absolute atomic E-state index is 0.280. The number of carbonyl (C=O) groups is 1. The highest BCUT2D eigenvalue weighted by Crippen LogP contribution is 2.16. The van der Waals surface area contributed by atoms with Gasteiger partial charge in [0, 0.05) is 17.6 Å². The summed E-state index contributed by atoms with van der Waals surface area (Å²) in [5, 5.41) is 5.01. The maximum Gasteiger partial charge on any atom is 0.411 e. The van der Waals surface area contributed by atoms with Gasteiger partial charge in [-0.05, 0) is 30.4 Å². The highest BCUT2D eigenvalue weighted by molar-refractivity contribution is 8.17. The number of hydrogen-bond donors (Lipinski definition) is 2. The highest BCUT2D eigenvalue weighted by atomic mass is 32.2. The van der Waals surface area contributed by atoms with E-state index >= 15 is 0 Å². The van der Waals surface area contributed by atoms with Crippen LogP contribution < -0.4 is 10.6 Å². The first-order valence-electron chi connectivity index (χ1n) is 4.79. The van der Waals surface area contributed by atoms with Crippen molar-refractivity contribution >= 4 is 43.8 Å². The molecule has 0 unspecified atom stereocenters. The number of carbonyl (C=O) groups excluding carboxylic acids is 1. The molecule has 0 fully saturated rings. The van der Waals surface area contributed by atoms with E-state index < -0.39 is 15.9 Å². The fourth-order valence-electron chi connectivity index (χ4n) is 1.05. The number of benzene rings is 1. The molecule has 8 heteroatoms. The molecule has 0 bridgehead atoms. The lowest BCUT2D eigenvalue weighted by Gasteiger charge is -2.08. The van der Waals surface area contributed by atoms with Crippen LogP contribution in [0.1, 0.15) is 0 Å². The van der Waals surface area contributed by atoms with Gasteiger partial charge in [-0.3, -0.25) is 5.32 Å². The van der Waals surface area contributed by atoms with Crippen LogP contribution in [0.4, 0.5) is 16.2 Å². The van der Waals surface area contributed by atoms with Gasteiger partial charge in [0.25, 0.3) is 0 Å². The van der Waals surface area contributed by atoms with Crippen LogP contribution in [0.2, 0.25) is 0 Å². The number of nitrogens with one attached hydrogen (secondary N) is 2. The standard InChI is InChI=1S/C10H12N2O4S2/c1-16-9(13)11-7-4-3-5-8(6-7)12-10(17)18(2,14)15/h3-6H,1-2H3,(H,11,13)(H,12,17). The van der Waals surface area contributed by atoms with E-state index in [1.54, 1.807) is 18.2 Å². The van der Waals surface area contributed by atoms with Crippen LogP contribution in [-0.4, -0.2) is 32.2 Å². The quantitative estimate of drug-likeness (QED) is 0.804. The van der Waals surface area contributed by atoms with Gasteiger partial charge in [0.05, 0.1) is 7.11 Å². The number of thiocarbonyl (C=S) groups is 1. The molecule has 0 aromatic heterocycles. The van der Waals surface area contributed by atoms with E-state index in [0.717, 1.165) is 6.26 Å². The summed E-state index contributed by atoms with van der Waals surface area (Å²) in [6.45, 7) is 0. The first-order valence-corrected chi connectivity index (χ1v) is 7.09. The van der Waals surface area contributed by atoms with Crippen molar-refractivity contribution in [1.82, 2.24) is 0 Å². The lowest BCUT2D eigenvalue weighted by molar-refractivity contribution is 0.187. The van der Waals surface area contributed by atoms with Gasteiger partial charge >= 0.3 is 6.09 Å². The number of sulfone groups is 1. The summed E-state index contributed by atoms with van der Waals surface area (Å²) in [6.07, 6.45) is 0.400. The highest BCUT2D eigenvalue weighted by Gasteiger charge is 2.11. The Balaban J connectivity index is 2.83. The summed E-state index contributed by atoms with van der Waals surface area (Å²) in [7, 11) is -2.19. The van der Waals surface area contributed by atoms with Crippen molar-refractivity contribution in [3.05, 3.63) is 24.3 Å². The maximum absolute atomic E-state index is 11.2. The number of amides is 1. The predicted octanol–water partition coefficient (Wildman–Crippen LogP) is 1.61. The molecule has 0 aliphatic carbocycles. The molecule has 1 rings (SSSR count). The minimum atomic E-state index is -3.43. The van der Waals surface area contributed by atoms with Crippen LogP contribution in [0.5, 0.6) is 0 Å². The Hall–Kier alpha value is -1.67. The van der Waals surface area contributed by atoms with Crippen LogP contribution in [-0.2, 0) is 14.6 Å². The number of ether oxygens (including phenoxy) is 1. The smallest absolute Gasteiger partial charge is 0.411 e. The van der Waals surface area contributed by atoms with Crippen LogP contribution in [0.15, 0.2) is 24.3 Å². The van der Waals surface area contributed by atoms with Crippen LogP contribution in [0.25, 0.3) is 0 Å². The van der Waals surface area contributed by atoms with Crippen molar-refractivity contribution < 1.29 is 17.9 Å². The van der Waals surface area contributed by atoms with Gasteiger partial charge < -0.3 is 10.1 Å². The fourth-order valence-corrected chi connectivity index (χ4v) is 1.48. The molecule has 0 radical (unpaired) electrons. The van der Waals surface area contributed by atoms with Gasteiger partial charge in [0.1, 0.15) is 0 Å². The molecule has 18 heavy (non-hydrogen) atoms. The van der Waals surface area contributed by atoms with Gasteiger partial charge in [0.2, 0.25) is 9.84 Å². The molecule has 1 amide bonds. The van der Waals surface area contributed by atoms with Crippen molar-refractivity contribution in [1.29, 1.82) is 0 Å². The van der Waals surface area contributed by atoms with Crippen molar-refractivity contribution in [2.75, 3.05) is 24.0 Å². The number of methoxy groups -OCH3 is 1. The summed E-state index contributed by atoms with van der Waals surface area (Å²) in [6, 6.07) is 6.43. The van der Waals surface area contributed by atoms with E-state index in [0.29, 0.717) is 11.4 Å². The first kappa shape index (κ1) is 14.4. The zero-order valence-electron chi connectivity index (χ0n) is 9.76. The van der Waals surface area contributed by atoms with Crippen LogP contribution in [0, 0.1) is 0 Å². The van der Waals surface area contributed by atoms with Crippen LogP contribution in [0.3, 0.4) is 0 Å². The lowest BCUT2D eigenvalue weighted by atomic mass is 10.3. The van der Waals surface area contributed by atoms with E-state index in [2.05, 4.69) is 15.4 Å². The Kier molecular flexibility index (Phi) is 4.62. The van der Waals surface area contributed by atoms with E-state index in [1.807, 2.05) is 0 Å². The maximum atomic E-state index is 11.2. The van der Waals surface area contributed by atoms with Gasteiger partial charge in [-0.1, -0.05) is 6.07 Å². The SMILES string of the molecule is COC(=O)Nc1cccc(NC(=S)S(C)(=O)=O)c1. The molecule has 1 aromatic carbocycles. The summed E-state index contributed by atoms with van der Waals surface area (Å²) in [4.78, 5) is 11.0. The molecule has 98 valence electrons. The topological polar surface area (TPSA) is 84.5 Å². The molecule has 0 spiro atoms. The minimum Gasteiger partial charge on any atom is -0.453 e. The molecule has 2 N–H and O–H groups in total. The molecular formula is C10H12N2O4S2. The van der Waals surface area contributed by atoms with E-state index in [4.69, 9.17) is 12.2 Å². The normalized spacial score (nSPS) is 10.6. The van der Waals surface area contributed by atoms with Gasteiger partial charge in [0.15, 0.2) is 4.32 Å². The molecule has 6 nitrogen and oxygen atoms in total. The molecule has 0 saturated heterocycles. The number of rotatable bonds is 2. The Bertz CT molecular complexity index is 569. The average molecular weight is 288 g/mol. The van der Waals surface area contributed by atoms with Crippen molar-refractivity contribution in [2.45, 2.75) is 0 Å². The Morgan fingerprint density at radius 3 is 2.33 bits per heavy atom. The molecular weight excluding hydrogens is 276 g/mol. The molecule has 0 aliphatic heterocycles. The third-order valence-corrected chi connectivity index (χ3v) is 3.66. The third kappa shape index (κ3) is 4.30. The first-order chi connectivity index (χ1) is 8.32. The van der Waals surface area contributed by atoms with E-state index in [1.165, 1.54) is 13.2 Å². The second-order valence-corrected chi connectivity index (χ2v) is 6.00. The summed E-state index contributed by atoms with van der Waals surface area (Å²) >= 11 is 4.72. The van der Waals surface area contributed by atoms with Gasteiger partial charge in [-0.15, -0.1) is 0 Å². The van der Waals surface area contributed by atoms with Crippen molar-refractivity contribution in [2.24, 2.45) is 0 Å². The van der Waals surface area contributed by atoms with Crippen molar-refractivity contribution in [3.63, 3.8) is 0 Å².